The van der Waals surface area contributed by atoms with Crippen LogP contribution in [0.25, 0.3) is 0 Å². The summed E-state index contributed by atoms with van der Waals surface area (Å²) < 4.78 is 5.88. The summed E-state index contributed by atoms with van der Waals surface area (Å²) in [4.78, 5) is 18.6. The van der Waals surface area contributed by atoms with Gasteiger partial charge in [0.2, 0.25) is 0 Å². The smallest absolute Gasteiger partial charge is 0.274 e. The molecule has 0 atom stereocenters. The molecule has 1 heterocycles. The third kappa shape index (κ3) is 2.34. The van der Waals surface area contributed by atoms with Gasteiger partial charge in [-0.15, -0.1) is 0 Å². The number of hydrogen-bond acceptors (Lipinski definition) is 4. The Balaban J connectivity index is 2.37. The summed E-state index contributed by atoms with van der Waals surface area (Å²) in [5.74, 6) is 0.623. The van der Waals surface area contributed by atoms with E-state index in [1.54, 1.807) is 0 Å². The Morgan fingerprint density at radius 1 is 1.47 bits per heavy atom. The fraction of sp³-hybridized carbons (Fsp3) is 0.667. The second kappa shape index (κ2) is 4.87. The van der Waals surface area contributed by atoms with E-state index in [4.69, 9.17) is 10.5 Å². The first kappa shape index (κ1) is 12.1. The highest BCUT2D eigenvalue weighted by atomic mass is 16.5. The lowest BCUT2D eigenvalue weighted by Gasteiger charge is -2.35. The molecular formula is C12H19N3O2. The second-order valence-corrected chi connectivity index (χ2v) is 4.50. The molecule has 5 heteroatoms. The van der Waals surface area contributed by atoms with Crippen LogP contribution in [0.2, 0.25) is 0 Å². The van der Waals surface area contributed by atoms with Crippen molar-refractivity contribution in [2.45, 2.75) is 44.6 Å². The maximum absolute atomic E-state index is 11.6. The van der Waals surface area contributed by atoms with Crippen molar-refractivity contribution in [3.63, 3.8) is 0 Å². The molecule has 3 N–H and O–H groups in total. The number of rotatable bonds is 3. The molecule has 1 aliphatic rings. The monoisotopic (exact) mass is 237 g/mol. The van der Waals surface area contributed by atoms with Crippen molar-refractivity contribution in [2.75, 3.05) is 12.3 Å². The van der Waals surface area contributed by atoms with Crippen LogP contribution in [-0.2, 0) is 10.3 Å². The molecule has 0 spiro atoms. The molecule has 0 radical (unpaired) electrons. The summed E-state index contributed by atoms with van der Waals surface area (Å²) in [5.41, 5.74) is 4.94. The van der Waals surface area contributed by atoms with E-state index in [-0.39, 0.29) is 11.2 Å². The van der Waals surface area contributed by atoms with Crippen LogP contribution in [0.15, 0.2) is 11.0 Å². The predicted molar refractivity (Wildman–Crippen MR) is 65.7 cm³/mol. The summed E-state index contributed by atoms with van der Waals surface area (Å²) in [6, 6.07) is 0. The van der Waals surface area contributed by atoms with Crippen LogP contribution in [0, 0.1) is 0 Å². The summed E-state index contributed by atoms with van der Waals surface area (Å²) in [5, 5.41) is 0. The van der Waals surface area contributed by atoms with Crippen LogP contribution in [0.5, 0.6) is 0 Å². The molecule has 1 aliphatic carbocycles. The van der Waals surface area contributed by atoms with Crippen LogP contribution >= 0.6 is 0 Å². The summed E-state index contributed by atoms with van der Waals surface area (Å²) >= 11 is 0. The lowest BCUT2D eigenvalue weighted by molar-refractivity contribution is -0.0768. The van der Waals surface area contributed by atoms with Gasteiger partial charge in [-0.1, -0.05) is 19.3 Å². The molecule has 0 unspecified atom stereocenters. The Morgan fingerprint density at radius 2 is 2.18 bits per heavy atom. The normalized spacial score (nSPS) is 19.1. The lowest BCUT2D eigenvalue weighted by Crippen LogP contribution is -2.36. The third-order valence-corrected chi connectivity index (χ3v) is 3.34. The highest BCUT2D eigenvalue weighted by Gasteiger charge is 2.36. The largest absolute Gasteiger partial charge is 0.393 e. The Bertz CT molecular complexity index is 430. The van der Waals surface area contributed by atoms with E-state index >= 15 is 0 Å². The molecular weight excluding hydrogens is 218 g/mol. The zero-order valence-electron chi connectivity index (χ0n) is 10.2. The maximum Gasteiger partial charge on any atom is 0.274 e. The van der Waals surface area contributed by atoms with Crippen LogP contribution < -0.4 is 11.3 Å². The van der Waals surface area contributed by atoms with E-state index in [0.717, 1.165) is 25.7 Å². The lowest BCUT2D eigenvalue weighted by atomic mass is 9.84. The number of nitrogen functional groups attached to an aromatic ring is 1. The fourth-order valence-electron chi connectivity index (χ4n) is 2.48. The van der Waals surface area contributed by atoms with Gasteiger partial charge in [0.1, 0.15) is 17.1 Å². The molecule has 1 saturated carbocycles. The SMILES string of the molecule is CCOC1(c2ncc(N)c(=O)[nH]2)CCCCC1. The zero-order valence-corrected chi connectivity index (χ0v) is 10.2. The second-order valence-electron chi connectivity index (χ2n) is 4.50. The number of aromatic nitrogens is 2. The number of nitrogens with zero attached hydrogens (tertiary/aromatic N) is 1. The van der Waals surface area contributed by atoms with Gasteiger partial charge in [-0.2, -0.15) is 0 Å². The quantitative estimate of drug-likeness (QED) is 0.835. The molecule has 17 heavy (non-hydrogen) atoms. The van der Waals surface area contributed by atoms with E-state index in [9.17, 15) is 4.79 Å². The van der Waals surface area contributed by atoms with Gasteiger partial charge in [0.25, 0.3) is 5.56 Å². The minimum atomic E-state index is -0.417. The molecule has 1 aromatic rings. The Labute approximate surface area is 100 Å². The van der Waals surface area contributed by atoms with E-state index in [0.29, 0.717) is 12.4 Å². The fourth-order valence-corrected chi connectivity index (χ4v) is 2.48. The maximum atomic E-state index is 11.6. The minimum Gasteiger partial charge on any atom is -0.393 e. The van der Waals surface area contributed by atoms with Crippen molar-refractivity contribution >= 4 is 5.69 Å². The summed E-state index contributed by atoms with van der Waals surface area (Å²) in [6.45, 7) is 2.58. The highest BCUT2D eigenvalue weighted by Crippen LogP contribution is 2.38. The van der Waals surface area contributed by atoms with Crippen LogP contribution in [-0.4, -0.2) is 16.6 Å². The van der Waals surface area contributed by atoms with E-state index in [2.05, 4.69) is 9.97 Å². The average molecular weight is 237 g/mol. The molecule has 0 bridgehead atoms. The summed E-state index contributed by atoms with van der Waals surface area (Å²) in [6.07, 6.45) is 6.67. The van der Waals surface area contributed by atoms with E-state index < -0.39 is 5.60 Å². The molecule has 94 valence electrons. The first-order chi connectivity index (χ1) is 8.18. The van der Waals surface area contributed by atoms with Crippen molar-refractivity contribution in [2.24, 2.45) is 0 Å². The Morgan fingerprint density at radius 3 is 2.76 bits per heavy atom. The molecule has 0 amide bonds. The van der Waals surface area contributed by atoms with Gasteiger partial charge < -0.3 is 15.5 Å². The van der Waals surface area contributed by atoms with Gasteiger partial charge in [0.05, 0.1) is 6.20 Å². The highest BCUT2D eigenvalue weighted by molar-refractivity contribution is 5.31. The molecule has 0 aliphatic heterocycles. The van der Waals surface area contributed by atoms with Crippen molar-refractivity contribution in [3.05, 3.63) is 22.4 Å². The van der Waals surface area contributed by atoms with Gasteiger partial charge in [-0.25, -0.2) is 4.98 Å². The number of aromatic amines is 1. The van der Waals surface area contributed by atoms with Crippen LogP contribution in [0.4, 0.5) is 5.69 Å². The van der Waals surface area contributed by atoms with Gasteiger partial charge in [0.15, 0.2) is 0 Å². The van der Waals surface area contributed by atoms with Crippen molar-refractivity contribution < 1.29 is 4.74 Å². The number of H-pyrrole nitrogens is 1. The number of nitrogens with one attached hydrogen (secondary N) is 1. The molecule has 2 rings (SSSR count). The first-order valence-electron chi connectivity index (χ1n) is 6.17. The van der Waals surface area contributed by atoms with Crippen molar-refractivity contribution in [3.8, 4) is 0 Å². The number of ether oxygens (including phenoxy) is 1. The molecule has 0 saturated heterocycles. The van der Waals surface area contributed by atoms with Gasteiger partial charge in [0, 0.05) is 6.61 Å². The van der Waals surface area contributed by atoms with E-state index in [1.807, 2.05) is 6.92 Å². The molecule has 1 aromatic heterocycles. The standard InChI is InChI=1S/C12H19N3O2/c1-2-17-12(6-4-3-5-7-12)11-14-8-9(13)10(16)15-11/h8H,2-7,13H2,1H3,(H,14,15,16). The van der Waals surface area contributed by atoms with Gasteiger partial charge in [-0.05, 0) is 19.8 Å². The third-order valence-electron chi connectivity index (χ3n) is 3.34. The Kier molecular flexibility index (Phi) is 3.47. The van der Waals surface area contributed by atoms with Crippen LogP contribution in [0.3, 0.4) is 0 Å². The number of hydrogen-bond donors (Lipinski definition) is 2. The van der Waals surface area contributed by atoms with Crippen molar-refractivity contribution in [1.29, 1.82) is 0 Å². The summed E-state index contributed by atoms with van der Waals surface area (Å²) in [7, 11) is 0. The molecule has 1 fully saturated rings. The van der Waals surface area contributed by atoms with Gasteiger partial charge in [-0.3, -0.25) is 4.79 Å². The number of anilines is 1. The molecule has 5 nitrogen and oxygen atoms in total. The zero-order chi connectivity index (χ0) is 12.3. The predicted octanol–water partition coefficient (Wildman–Crippen LogP) is 1.55. The first-order valence-corrected chi connectivity index (χ1v) is 6.17. The number of nitrogens with two attached hydrogens (primary N) is 1. The minimum absolute atomic E-state index is 0.149. The van der Waals surface area contributed by atoms with Crippen molar-refractivity contribution in [1.82, 2.24) is 9.97 Å². The average Bonchev–Trinajstić information content (AvgIpc) is 2.34. The Hall–Kier alpha value is -1.36. The topological polar surface area (TPSA) is 81.0 Å². The van der Waals surface area contributed by atoms with E-state index in [1.165, 1.54) is 12.6 Å². The van der Waals surface area contributed by atoms with Gasteiger partial charge >= 0.3 is 0 Å². The van der Waals surface area contributed by atoms with Crippen LogP contribution in [0.1, 0.15) is 44.9 Å². The molecule has 0 aromatic carbocycles.